The highest BCUT2D eigenvalue weighted by molar-refractivity contribution is 7.89. The van der Waals surface area contributed by atoms with Gasteiger partial charge in [-0.15, -0.1) is 0 Å². The molecule has 28 heavy (non-hydrogen) atoms. The third kappa shape index (κ3) is 2.44. The molecule has 0 saturated heterocycles. The number of nitriles is 1. The lowest BCUT2D eigenvalue weighted by atomic mass is 9.82. The van der Waals surface area contributed by atoms with Gasteiger partial charge in [-0.1, -0.05) is 24.3 Å². The molecule has 1 heterocycles. The molecule has 2 aliphatic rings. The molecular weight excluding hydrogens is 380 g/mol. The van der Waals surface area contributed by atoms with Gasteiger partial charge in [-0.2, -0.15) is 5.26 Å². The summed E-state index contributed by atoms with van der Waals surface area (Å²) in [5, 5.41) is 17.1. The number of amides is 1. The molecule has 9 heteroatoms. The summed E-state index contributed by atoms with van der Waals surface area (Å²) in [6.07, 6.45) is 0. The number of carbonyl (C=O) groups excluding carboxylic acids is 2. The summed E-state index contributed by atoms with van der Waals surface area (Å²) < 4.78 is 22.9. The van der Waals surface area contributed by atoms with Gasteiger partial charge >= 0.3 is 0 Å². The van der Waals surface area contributed by atoms with Gasteiger partial charge in [-0.05, 0) is 23.8 Å². The summed E-state index contributed by atoms with van der Waals surface area (Å²) in [5.74, 6) is -1.04. The van der Waals surface area contributed by atoms with Crippen molar-refractivity contribution in [3.8, 4) is 6.07 Å². The number of sulfonamides is 1. The van der Waals surface area contributed by atoms with Crippen molar-refractivity contribution in [3.05, 3.63) is 75.9 Å². The first-order valence-corrected chi connectivity index (χ1v) is 9.56. The van der Waals surface area contributed by atoms with Crippen molar-refractivity contribution in [2.45, 2.75) is 4.90 Å². The fraction of sp³-hybridized carbons (Fsp3) is 0. The maximum Gasteiger partial charge on any atom is 0.258 e. The van der Waals surface area contributed by atoms with E-state index in [-0.39, 0.29) is 38.6 Å². The first kappa shape index (κ1) is 17.7. The maximum absolute atomic E-state index is 13.2. The Labute approximate surface area is 159 Å². The number of fused-ring (bicyclic) bond motifs is 2. The van der Waals surface area contributed by atoms with Crippen molar-refractivity contribution in [2.24, 2.45) is 10.9 Å². The minimum absolute atomic E-state index is 0.0399. The van der Waals surface area contributed by atoms with Gasteiger partial charge in [0.15, 0.2) is 5.78 Å². The normalized spacial score (nSPS) is 15.9. The molecule has 5 N–H and O–H groups in total. The van der Waals surface area contributed by atoms with E-state index in [1.165, 1.54) is 30.3 Å². The summed E-state index contributed by atoms with van der Waals surface area (Å²) in [5.41, 5.74) is 7.59. The third-order valence-electron chi connectivity index (χ3n) is 4.64. The van der Waals surface area contributed by atoms with Crippen LogP contribution in [0.4, 0.5) is 0 Å². The van der Waals surface area contributed by atoms with E-state index < -0.39 is 21.7 Å². The summed E-state index contributed by atoms with van der Waals surface area (Å²) in [4.78, 5) is 25.6. The lowest BCUT2D eigenvalue weighted by Gasteiger charge is -2.19. The Morgan fingerprint density at radius 3 is 2.29 bits per heavy atom. The molecule has 1 amide bonds. The van der Waals surface area contributed by atoms with Crippen LogP contribution in [0.3, 0.4) is 0 Å². The SMILES string of the molecule is N#Cc1cccc2c1C(=O)C1=C(c3ccc(S(N)(=O)=O)cc3)NC(=O)C1=C2N. The lowest BCUT2D eigenvalue weighted by Crippen LogP contribution is -2.23. The van der Waals surface area contributed by atoms with Gasteiger partial charge in [0.05, 0.1) is 39.1 Å². The average Bonchev–Trinajstić information content (AvgIpc) is 3.02. The van der Waals surface area contributed by atoms with Gasteiger partial charge in [0.2, 0.25) is 10.0 Å². The number of nitrogens with zero attached hydrogens (tertiary/aromatic N) is 1. The second kappa shape index (κ2) is 5.88. The van der Waals surface area contributed by atoms with Crippen LogP contribution in [-0.2, 0) is 14.8 Å². The summed E-state index contributed by atoms with van der Waals surface area (Å²) in [6, 6.07) is 12.1. The molecule has 1 aliphatic carbocycles. The zero-order valence-electron chi connectivity index (χ0n) is 14.2. The Morgan fingerprint density at radius 1 is 1.00 bits per heavy atom. The molecule has 0 spiro atoms. The summed E-state index contributed by atoms with van der Waals surface area (Å²) in [6.45, 7) is 0. The van der Waals surface area contributed by atoms with Crippen LogP contribution >= 0.6 is 0 Å². The van der Waals surface area contributed by atoms with Crippen LogP contribution in [0.2, 0.25) is 0 Å². The van der Waals surface area contributed by atoms with Crippen molar-refractivity contribution in [1.82, 2.24) is 5.32 Å². The molecule has 138 valence electrons. The molecule has 0 bridgehead atoms. The van der Waals surface area contributed by atoms with Gasteiger partial charge in [-0.25, -0.2) is 13.6 Å². The second-order valence-corrected chi connectivity index (χ2v) is 7.79. The highest BCUT2D eigenvalue weighted by Crippen LogP contribution is 2.40. The minimum Gasteiger partial charge on any atom is -0.398 e. The highest BCUT2D eigenvalue weighted by Gasteiger charge is 2.40. The first-order valence-electron chi connectivity index (χ1n) is 8.01. The van der Waals surface area contributed by atoms with Crippen LogP contribution in [-0.4, -0.2) is 20.1 Å². The molecule has 0 fully saturated rings. The van der Waals surface area contributed by atoms with Crippen molar-refractivity contribution in [2.75, 3.05) is 0 Å². The fourth-order valence-electron chi connectivity index (χ4n) is 3.36. The molecule has 0 unspecified atom stereocenters. The highest BCUT2D eigenvalue weighted by atomic mass is 32.2. The van der Waals surface area contributed by atoms with E-state index in [9.17, 15) is 23.3 Å². The number of nitrogens with one attached hydrogen (secondary N) is 1. The number of Topliss-reactive ketones (excluding diaryl/α,β-unsaturated/α-hetero) is 1. The van der Waals surface area contributed by atoms with Gasteiger partial charge in [-0.3, -0.25) is 9.59 Å². The van der Waals surface area contributed by atoms with Crippen LogP contribution in [0.1, 0.15) is 27.0 Å². The standard InChI is InChI=1S/C19H12N4O4S/c20-8-10-2-1-3-12-13(10)18(24)15-14(16(12)21)19(25)23-17(15)9-4-6-11(7-5-9)28(22,26)27/h1-7H,21H2,(H,23,25)(H2,22,26,27). The number of benzene rings is 2. The van der Waals surface area contributed by atoms with Gasteiger partial charge in [0, 0.05) is 11.1 Å². The summed E-state index contributed by atoms with van der Waals surface area (Å²) in [7, 11) is -3.88. The van der Waals surface area contributed by atoms with Gasteiger partial charge in [0.1, 0.15) is 0 Å². The molecule has 0 atom stereocenters. The molecule has 8 nitrogen and oxygen atoms in total. The van der Waals surface area contributed by atoms with Crippen molar-refractivity contribution in [3.63, 3.8) is 0 Å². The Hall–Kier alpha value is -3.74. The molecule has 1 aliphatic heterocycles. The van der Waals surface area contributed by atoms with Crippen LogP contribution in [0.15, 0.2) is 58.5 Å². The average molecular weight is 392 g/mol. The first-order chi connectivity index (χ1) is 13.2. The van der Waals surface area contributed by atoms with E-state index in [0.29, 0.717) is 11.1 Å². The number of nitrogens with two attached hydrogens (primary N) is 2. The quantitative estimate of drug-likeness (QED) is 0.680. The Kier molecular flexibility index (Phi) is 3.71. The Balaban J connectivity index is 1.97. The fourth-order valence-corrected chi connectivity index (χ4v) is 3.88. The molecule has 0 saturated carbocycles. The summed E-state index contributed by atoms with van der Waals surface area (Å²) >= 11 is 0. The molecule has 2 aromatic carbocycles. The molecule has 2 aromatic rings. The number of hydrogen-bond acceptors (Lipinski definition) is 6. The van der Waals surface area contributed by atoms with E-state index in [4.69, 9.17) is 10.9 Å². The van der Waals surface area contributed by atoms with Crippen LogP contribution in [0, 0.1) is 11.3 Å². The predicted molar refractivity (Wildman–Crippen MR) is 99.5 cm³/mol. The number of hydrogen-bond donors (Lipinski definition) is 3. The van der Waals surface area contributed by atoms with Gasteiger partial charge < -0.3 is 11.1 Å². The molecule has 0 aromatic heterocycles. The van der Waals surface area contributed by atoms with E-state index in [1.807, 2.05) is 6.07 Å². The van der Waals surface area contributed by atoms with E-state index in [2.05, 4.69) is 5.32 Å². The zero-order valence-corrected chi connectivity index (χ0v) is 15.0. The maximum atomic E-state index is 13.2. The molecular formula is C19H12N4O4S. The Bertz CT molecular complexity index is 1300. The smallest absolute Gasteiger partial charge is 0.258 e. The lowest BCUT2D eigenvalue weighted by molar-refractivity contribution is -0.115. The van der Waals surface area contributed by atoms with Crippen molar-refractivity contribution < 1.29 is 18.0 Å². The number of carbonyl (C=O) groups is 2. The molecule has 0 radical (unpaired) electrons. The van der Waals surface area contributed by atoms with Crippen molar-refractivity contribution in [1.29, 1.82) is 5.26 Å². The van der Waals surface area contributed by atoms with Crippen LogP contribution < -0.4 is 16.2 Å². The van der Waals surface area contributed by atoms with E-state index >= 15 is 0 Å². The van der Waals surface area contributed by atoms with Crippen molar-refractivity contribution >= 4 is 33.1 Å². The number of rotatable bonds is 2. The van der Waals surface area contributed by atoms with E-state index in [0.717, 1.165) is 0 Å². The number of primary sulfonamides is 1. The van der Waals surface area contributed by atoms with Crippen LogP contribution in [0.5, 0.6) is 0 Å². The number of ketones is 1. The predicted octanol–water partition coefficient (Wildman–Crippen LogP) is 0.613. The Morgan fingerprint density at radius 2 is 1.68 bits per heavy atom. The largest absolute Gasteiger partial charge is 0.398 e. The third-order valence-corrected chi connectivity index (χ3v) is 5.56. The van der Waals surface area contributed by atoms with Gasteiger partial charge in [0.25, 0.3) is 5.91 Å². The monoisotopic (exact) mass is 392 g/mol. The van der Waals surface area contributed by atoms with Crippen LogP contribution in [0.25, 0.3) is 11.4 Å². The second-order valence-electron chi connectivity index (χ2n) is 6.23. The topological polar surface area (TPSA) is 156 Å². The minimum atomic E-state index is -3.88. The zero-order chi connectivity index (χ0) is 20.2. The molecule has 4 rings (SSSR count). The van der Waals surface area contributed by atoms with E-state index in [1.54, 1.807) is 12.1 Å².